The summed E-state index contributed by atoms with van der Waals surface area (Å²) in [5, 5.41) is 3.76. The zero-order chi connectivity index (χ0) is 14.3. The number of fused-ring (bicyclic) bond motifs is 1. The van der Waals surface area contributed by atoms with Crippen LogP contribution >= 0.6 is 11.8 Å². The van der Waals surface area contributed by atoms with Gasteiger partial charge in [0.05, 0.1) is 5.56 Å². The molecule has 3 nitrogen and oxygen atoms in total. The first-order chi connectivity index (χ1) is 10.3. The lowest BCUT2D eigenvalue weighted by Gasteiger charge is -2.52. The van der Waals surface area contributed by atoms with Gasteiger partial charge in [0.15, 0.2) is 0 Å². The standard InChI is InChI=1S/C17H22N2OS/c20-16-14-7-3-4-8-15(14)18-17(9-11-21-12-10-17)19(16)13-5-1-2-6-13/h3-4,7-8,13,18H,1-2,5-6,9-12H2. The van der Waals surface area contributed by atoms with E-state index in [2.05, 4.69) is 16.3 Å². The number of carbonyl (C=O) groups excluding carboxylic acids is 1. The molecule has 1 amide bonds. The predicted molar refractivity (Wildman–Crippen MR) is 87.8 cm³/mol. The van der Waals surface area contributed by atoms with Crippen LogP contribution in [0.4, 0.5) is 5.69 Å². The number of benzene rings is 1. The van der Waals surface area contributed by atoms with Crippen molar-refractivity contribution in [1.82, 2.24) is 4.90 Å². The molecule has 0 radical (unpaired) electrons. The van der Waals surface area contributed by atoms with Gasteiger partial charge >= 0.3 is 0 Å². The summed E-state index contributed by atoms with van der Waals surface area (Å²) in [6.45, 7) is 0. The fourth-order valence-corrected chi connectivity index (χ4v) is 5.33. The minimum Gasteiger partial charge on any atom is -0.362 e. The summed E-state index contributed by atoms with van der Waals surface area (Å²) in [6.07, 6.45) is 7.00. The number of carbonyl (C=O) groups is 1. The minimum absolute atomic E-state index is 0.133. The topological polar surface area (TPSA) is 32.3 Å². The van der Waals surface area contributed by atoms with Crippen LogP contribution in [0.15, 0.2) is 24.3 Å². The van der Waals surface area contributed by atoms with Crippen molar-refractivity contribution >= 4 is 23.4 Å². The van der Waals surface area contributed by atoms with E-state index in [1.54, 1.807) is 0 Å². The lowest BCUT2D eigenvalue weighted by Crippen LogP contribution is -2.64. The molecule has 112 valence electrons. The third-order valence-electron chi connectivity index (χ3n) is 5.21. The molecule has 1 saturated heterocycles. The highest BCUT2D eigenvalue weighted by Gasteiger charge is 2.48. The highest BCUT2D eigenvalue weighted by molar-refractivity contribution is 7.99. The zero-order valence-electron chi connectivity index (χ0n) is 12.3. The number of amides is 1. The molecule has 3 aliphatic rings. The summed E-state index contributed by atoms with van der Waals surface area (Å²) in [7, 11) is 0. The number of rotatable bonds is 1. The fourth-order valence-electron chi connectivity index (χ4n) is 4.17. The SMILES string of the molecule is O=C1c2ccccc2NC2(CCSCC2)N1C1CCCC1. The third kappa shape index (κ3) is 2.15. The van der Waals surface area contributed by atoms with Crippen LogP contribution in [0.3, 0.4) is 0 Å². The van der Waals surface area contributed by atoms with Crippen LogP contribution in [0.5, 0.6) is 0 Å². The predicted octanol–water partition coefficient (Wildman–Crippen LogP) is 3.72. The molecule has 4 rings (SSSR count). The quantitative estimate of drug-likeness (QED) is 0.858. The van der Waals surface area contributed by atoms with E-state index in [9.17, 15) is 4.79 Å². The minimum atomic E-state index is -0.133. The van der Waals surface area contributed by atoms with Crippen molar-refractivity contribution in [2.45, 2.75) is 50.2 Å². The van der Waals surface area contributed by atoms with Gasteiger partial charge in [-0.1, -0.05) is 25.0 Å². The first kappa shape index (κ1) is 13.5. The summed E-state index contributed by atoms with van der Waals surface area (Å²) in [5.74, 6) is 2.54. The smallest absolute Gasteiger partial charge is 0.258 e. The molecule has 1 saturated carbocycles. The Labute approximate surface area is 130 Å². The number of hydrogen-bond donors (Lipinski definition) is 1. The van der Waals surface area contributed by atoms with Crippen molar-refractivity contribution in [3.05, 3.63) is 29.8 Å². The van der Waals surface area contributed by atoms with E-state index in [1.807, 2.05) is 30.0 Å². The second kappa shape index (κ2) is 5.24. The Morgan fingerprint density at radius 3 is 2.62 bits per heavy atom. The van der Waals surface area contributed by atoms with Crippen molar-refractivity contribution in [1.29, 1.82) is 0 Å². The maximum Gasteiger partial charge on any atom is 0.258 e. The highest BCUT2D eigenvalue weighted by atomic mass is 32.2. The molecule has 1 aromatic carbocycles. The summed E-state index contributed by atoms with van der Waals surface area (Å²) in [5.41, 5.74) is 1.75. The molecule has 2 heterocycles. The second-order valence-electron chi connectivity index (χ2n) is 6.43. The van der Waals surface area contributed by atoms with E-state index in [0.717, 1.165) is 35.6 Å². The molecule has 0 bridgehead atoms. The third-order valence-corrected chi connectivity index (χ3v) is 6.20. The van der Waals surface area contributed by atoms with Gasteiger partial charge in [-0.05, 0) is 49.3 Å². The highest BCUT2D eigenvalue weighted by Crippen LogP contribution is 2.43. The summed E-state index contributed by atoms with van der Waals surface area (Å²) in [6, 6.07) is 8.46. The molecule has 0 atom stereocenters. The van der Waals surface area contributed by atoms with Gasteiger partial charge in [-0.2, -0.15) is 11.8 Å². The molecule has 0 unspecified atom stereocenters. The van der Waals surface area contributed by atoms with Crippen LogP contribution in [0.2, 0.25) is 0 Å². The van der Waals surface area contributed by atoms with Crippen LogP contribution in [-0.4, -0.2) is 34.0 Å². The number of para-hydroxylation sites is 1. The molecule has 0 aromatic heterocycles. The van der Waals surface area contributed by atoms with Crippen molar-refractivity contribution < 1.29 is 4.79 Å². The van der Waals surface area contributed by atoms with E-state index in [1.165, 1.54) is 25.7 Å². The van der Waals surface area contributed by atoms with E-state index in [4.69, 9.17) is 0 Å². The summed E-state index contributed by atoms with van der Waals surface area (Å²) < 4.78 is 0. The molecule has 2 aliphatic heterocycles. The van der Waals surface area contributed by atoms with Gasteiger partial charge in [-0.15, -0.1) is 0 Å². The van der Waals surface area contributed by atoms with E-state index in [-0.39, 0.29) is 11.6 Å². The van der Waals surface area contributed by atoms with E-state index < -0.39 is 0 Å². The average molecular weight is 302 g/mol. The summed E-state index contributed by atoms with van der Waals surface area (Å²) in [4.78, 5) is 15.4. The van der Waals surface area contributed by atoms with Gasteiger partial charge in [0.2, 0.25) is 0 Å². The van der Waals surface area contributed by atoms with Gasteiger partial charge in [0.25, 0.3) is 5.91 Å². The maximum atomic E-state index is 13.2. The Hall–Kier alpha value is -1.16. The van der Waals surface area contributed by atoms with Crippen LogP contribution in [0.1, 0.15) is 48.9 Å². The molecular formula is C17H22N2OS. The van der Waals surface area contributed by atoms with Crippen LogP contribution in [-0.2, 0) is 0 Å². The molecule has 2 fully saturated rings. The van der Waals surface area contributed by atoms with Gasteiger partial charge in [-0.3, -0.25) is 4.79 Å². The monoisotopic (exact) mass is 302 g/mol. The van der Waals surface area contributed by atoms with E-state index >= 15 is 0 Å². The number of nitrogens with zero attached hydrogens (tertiary/aromatic N) is 1. The van der Waals surface area contributed by atoms with Crippen LogP contribution in [0.25, 0.3) is 0 Å². The Kier molecular flexibility index (Phi) is 3.37. The van der Waals surface area contributed by atoms with Crippen molar-refractivity contribution in [3.8, 4) is 0 Å². The van der Waals surface area contributed by atoms with Gasteiger partial charge < -0.3 is 10.2 Å². The fraction of sp³-hybridized carbons (Fsp3) is 0.588. The maximum absolute atomic E-state index is 13.2. The molecule has 1 aliphatic carbocycles. The van der Waals surface area contributed by atoms with Crippen molar-refractivity contribution in [3.63, 3.8) is 0 Å². The Bertz CT molecular complexity index is 547. The largest absolute Gasteiger partial charge is 0.362 e. The number of anilines is 1. The Morgan fingerprint density at radius 1 is 1.14 bits per heavy atom. The molecule has 21 heavy (non-hydrogen) atoms. The normalized spacial score (nSPS) is 25.0. The molecule has 4 heteroatoms. The molecule has 1 spiro atoms. The lowest BCUT2D eigenvalue weighted by molar-refractivity contribution is 0.0321. The van der Waals surface area contributed by atoms with Crippen LogP contribution in [0, 0.1) is 0 Å². The number of thioether (sulfide) groups is 1. The van der Waals surface area contributed by atoms with E-state index in [0.29, 0.717) is 6.04 Å². The van der Waals surface area contributed by atoms with Gasteiger partial charge in [0, 0.05) is 11.7 Å². The Morgan fingerprint density at radius 2 is 1.86 bits per heavy atom. The van der Waals surface area contributed by atoms with Gasteiger partial charge in [0.1, 0.15) is 5.66 Å². The number of hydrogen-bond acceptors (Lipinski definition) is 3. The second-order valence-corrected chi connectivity index (χ2v) is 7.65. The zero-order valence-corrected chi connectivity index (χ0v) is 13.1. The molecular weight excluding hydrogens is 280 g/mol. The summed E-state index contributed by atoms with van der Waals surface area (Å²) >= 11 is 2.01. The van der Waals surface area contributed by atoms with Crippen molar-refractivity contribution in [2.24, 2.45) is 0 Å². The van der Waals surface area contributed by atoms with Crippen LogP contribution < -0.4 is 5.32 Å². The Balaban J connectivity index is 1.78. The van der Waals surface area contributed by atoms with Gasteiger partial charge in [-0.25, -0.2) is 0 Å². The first-order valence-corrected chi connectivity index (χ1v) is 9.24. The lowest BCUT2D eigenvalue weighted by atomic mass is 9.91. The number of nitrogens with one attached hydrogen (secondary N) is 1. The first-order valence-electron chi connectivity index (χ1n) is 8.09. The molecule has 1 aromatic rings. The molecule has 1 N–H and O–H groups in total. The van der Waals surface area contributed by atoms with Crippen molar-refractivity contribution in [2.75, 3.05) is 16.8 Å². The average Bonchev–Trinajstić information content (AvgIpc) is 3.02.